The highest BCUT2D eigenvalue weighted by Crippen LogP contribution is 2.24. The SMILES string of the molecule is Cc1ccc(-c2noc([C@H]3CCN3)n2)cc1F.Cl. The number of aryl methyl sites for hydroxylation is 1. The highest BCUT2D eigenvalue weighted by Gasteiger charge is 2.24. The Hall–Kier alpha value is -1.46. The van der Waals surface area contributed by atoms with Gasteiger partial charge >= 0.3 is 0 Å². The molecule has 1 fully saturated rings. The summed E-state index contributed by atoms with van der Waals surface area (Å²) >= 11 is 0. The maximum Gasteiger partial charge on any atom is 0.244 e. The summed E-state index contributed by atoms with van der Waals surface area (Å²) in [5.41, 5.74) is 1.25. The summed E-state index contributed by atoms with van der Waals surface area (Å²) < 4.78 is 18.6. The lowest BCUT2D eigenvalue weighted by molar-refractivity contribution is 0.273. The van der Waals surface area contributed by atoms with Crippen molar-refractivity contribution in [3.8, 4) is 11.4 Å². The molecule has 0 spiro atoms. The van der Waals surface area contributed by atoms with Gasteiger partial charge in [-0.25, -0.2) is 4.39 Å². The van der Waals surface area contributed by atoms with Gasteiger partial charge in [0.25, 0.3) is 0 Å². The van der Waals surface area contributed by atoms with Crippen molar-refractivity contribution in [2.75, 3.05) is 6.54 Å². The Balaban J connectivity index is 0.00000120. The van der Waals surface area contributed by atoms with Crippen LogP contribution in [0.2, 0.25) is 0 Å². The molecule has 0 radical (unpaired) electrons. The molecule has 18 heavy (non-hydrogen) atoms. The lowest BCUT2D eigenvalue weighted by Gasteiger charge is -2.23. The summed E-state index contributed by atoms with van der Waals surface area (Å²) in [5.74, 6) is 0.760. The van der Waals surface area contributed by atoms with Crippen molar-refractivity contribution in [1.82, 2.24) is 15.5 Å². The molecule has 1 N–H and O–H groups in total. The molecule has 1 aliphatic rings. The van der Waals surface area contributed by atoms with E-state index >= 15 is 0 Å². The number of hydrogen-bond acceptors (Lipinski definition) is 4. The van der Waals surface area contributed by atoms with E-state index in [-0.39, 0.29) is 24.3 Å². The quantitative estimate of drug-likeness (QED) is 0.911. The van der Waals surface area contributed by atoms with Crippen LogP contribution in [-0.2, 0) is 0 Å². The van der Waals surface area contributed by atoms with Crippen LogP contribution in [0.3, 0.4) is 0 Å². The molecule has 3 rings (SSSR count). The van der Waals surface area contributed by atoms with Gasteiger partial charge < -0.3 is 9.84 Å². The van der Waals surface area contributed by atoms with E-state index in [4.69, 9.17) is 4.52 Å². The molecule has 0 bridgehead atoms. The minimum absolute atomic E-state index is 0. The van der Waals surface area contributed by atoms with E-state index in [0.29, 0.717) is 22.8 Å². The van der Waals surface area contributed by atoms with E-state index in [2.05, 4.69) is 15.5 Å². The van der Waals surface area contributed by atoms with Crippen molar-refractivity contribution in [2.24, 2.45) is 0 Å². The van der Waals surface area contributed by atoms with Gasteiger partial charge in [0.05, 0.1) is 6.04 Å². The zero-order chi connectivity index (χ0) is 11.8. The maximum atomic E-state index is 13.4. The van der Waals surface area contributed by atoms with E-state index in [1.165, 1.54) is 6.07 Å². The predicted molar refractivity (Wildman–Crippen MR) is 67.0 cm³/mol. The molecule has 1 aliphatic heterocycles. The molecule has 0 unspecified atom stereocenters. The topological polar surface area (TPSA) is 51.0 Å². The van der Waals surface area contributed by atoms with Crippen LogP contribution in [0.25, 0.3) is 11.4 Å². The van der Waals surface area contributed by atoms with Crippen molar-refractivity contribution in [3.05, 3.63) is 35.5 Å². The number of nitrogens with one attached hydrogen (secondary N) is 1. The monoisotopic (exact) mass is 269 g/mol. The fourth-order valence-electron chi connectivity index (χ4n) is 1.73. The Morgan fingerprint density at radius 1 is 1.44 bits per heavy atom. The molecule has 0 amide bonds. The summed E-state index contributed by atoms with van der Waals surface area (Å²) in [6.07, 6.45) is 1.00. The molecule has 1 aromatic carbocycles. The first-order chi connectivity index (χ1) is 8.24. The fraction of sp³-hybridized carbons (Fsp3) is 0.333. The van der Waals surface area contributed by atoms with Gasteiger partial charge in [-0.05, 0) is 31.5 Å². The fourth-order valence-corrected chi connectivity index (χ4v) is 1.73. The first-order valence-electron chi connectivity index (χ1n) is 5.57. The highest BCUT2D eigenvalue weighted by molar-refractivity contribution is 5.85. The Bertz CT molecular complexity index is 554. The van der Waals surface area contributed by atoms with Gasteiger partial charge in [-0.3, -0.25) is 0 Å². The minimum atomic E-state index is -0.254. The Morgan fingerprint density at radius 2 is 2.22 bits per heavy atom. The maximum absolute atomic E-state index is 13.4. The summed E-state index contributed by atoms with van der Waals surface area (Å²) in [5, 5.41) is 7.04. The summed E-state index contributed by atoms with van der Waals surface area (Å²) in [6.45, 7) is 2.70. The third-order valence-corrected chi connectivity index (χ3v) is 2.99. The van der Waals surface area contributed by atoms with E-state index in [0.717, 1.165) is 13.0 Å². The van der Waals surface area contributed by atoms with Gasteiger partial charge in [0.2, 0.25) is 11.7 Å². The number of benzene rings is 1. The number of hydrogen-bond donors (Lipinski definition) is 1. The lowest BCUT2D eigenvalue weighted by Crippen LogP contribution is -2.35. The van der Waals surface area contributed by atoms with Gasteiger partial charge in [-0.15, -0.1) is 12.4 Å². The van der Waals surface area contributed by atoms with Crippen LogP contribution < -0.4 is 5.32 Å². The summed E-state index contributed by atoms with van der Waals surface area (Å²) in [4.78, 5) is 4.27. The van der Waals surface area contributed by atoms with Gasteiger partial charge in [0.1, 0.15) is 5.82 Å². The number of aromatic nitrogens is 2. The Kier molecular flexibility index (Phi) is 3.63. The first-order valence-corrected chi connectivity index (χ1v) is 5.57. The van der Waals surface area contributed by atoms with Crippen molar-refractivity contribution >= 4 is 12.4 Å². The van der Waals surface area contributed by atoms with Gasteiger partial charge in [0, 0.05) is 5.56 Å². The highest BCUT2D eigenvalue weighted by atomic mass is 35.5. The third kappa shape index (κ3) is 2.23. The van der Waals surface area contributed by atoms with Gasteiger partial charge in [-0.2, -0.15) is 4.98 Å². The predicted octanol–water partition coefficient (Wildman–Crippen LogP) is 2.64. The van der Waals surface area contributed by atoms with Crippen molar-refractivity contribution in [1.29, 1.82) is 0 Å². The lowest BCUT2D eigenvalue weighted by atomic mass is 10.1. The third-order valence-electron chi connectivity index (χ3n) is 2.99. The molecule has 0 aliphatic carbocycles. The van der Waals surface area contributed by atoms with Crippen LogP contribution in [0, 0.1) is 12.7 Å². The Morgan fingerprint density at radius 3 is 2.83 bits per heavy atom. The summed E-state index contributed by atoms with van der Waals surface area (Å²) in [6, 6.07) is 5.09. The first kappa shape index (κ1) is 13.0. The molecular weight excluding hydrogens is 257 g/mol. The van der Waals surface area contributed by atoms with Crippen molar-refractivity contribution in [3.63, 3.8) is 0 Å². The van der Waals surface area contributed by atoms with Crippen LogP contribution in [0.5, 0.6) is 0 Å². The average molecular weight is 270 g/mol. The Labute approximate surface area is 110 Å². The number of nitrogens with zero attached hydrogens (tertiary/aromatic N) is 2. The average Bonchev–Trinajstić information content (AvgIpc) is 2.69. The minimum Gasteiger partial charge on any atom is -0.337 e. The molecular formula is C12H13ClFN3O. The molecule has 4 nitrogen and oxygen atoms in total. The molecule has 1 saturated heterocycles. The number of rotatable bonds is 2. The van der Waals surface area contributed by atoms with Crippen LogP contribution in [0.4, 0.5) is 4.39 Å². The molecule has 1 atom stereocenters. The van der Waals surface area contributed by atoms with Gasteiger partial charge in [0.15, 0.2) is 0 Å². The largest absolute Gasteiger partial charge is 0.337 e. The van der Waals surface area contributed by atoms with E-state index in [9.17, 15) is 4.39 Å². The standard InChI is InChI=1S/C12H12FN3O.ClH/c1-7-2-3-8(6-9(7)13)11-15-12(17-16-11)10-4-5-14-10;/h2-3,6,10,14H,4-5H2,1H3;1H/t10-;/m1./s1. The number of halogens is 2. The second-order valence-corrected chi connectivity index (χ2v) is 4.22. The van der Waals surface area contributed by atoms with E-state index in [1.807, 2.05) is 0 Å². The van der Waals surface area contributed by atoms with Crippen molar-refractivity contribution in [2.45, 2.75) is 19.4 Å². The summed E-state index contributed by atoms with van der Waals surface area (Å²) in [7, 11) is 0. The van der Waals surface area contributed by atoms with Crippen LogP contribution in [-0.4, -0.2) is 16.7 Å². The van der Waals surface area contributed by atoms with E-state index < -0.39 is 0 Å². The molecule has 2 aromatic rings. The van der Waals surface area contributed by atoms with E-state index in [1.54, 1.807) is 19.1 Å². The molecule has 6 heteroatoms. The zero-order valence-corrected chi connectivity index (χ0v) is 10.6. The van der Waals surface area contributed by atoms with Gasteiger partial charge in [-0.1, -0.05) is 17.3 Å². The van der Waals surface area contributed by atoms with Crippen LogP contribution in [0.1, 0.15) is 23.9 Å². The smallest absolute Gasteiger partial charge is 0.244 e. The van der Waals surface area contributed by atoms with Crippen LogP contribution >= 0.6 is 12.4 Å². The molecule has 2 heterocycles. The normalized spacial score (nSPS) is 18.0. The second kappa shape index (κ2) is 5.04. The van der Waals surface area contributed by atoms with Crippen LogP contribution in [0.15, 0.2) is 22.7 Å². The molecule has 1 aromatic heterocycles. The zero-order valence-electron chi connectivity index (χ0n) is 9.81. The second-order valence-electron chi connectivity index (χ2n) is 4.22. The van der Waals surface area contributed by atoms with Crippen molar-refractivity contribution < 1.29 is 8.91 Å². The molecule has 0 saturated carbocycles. The molecule has 96 valence electrons.